The third-order valence-corrected chi connectivity index (χ3v) is 4.53. The van der Waals surface area contributed by atoms with E-state index in [1.54, 1.807) is 19.2 Å². The second kappa shape index (κ2) is 7.37. The van der Waals surface area contributed by atoms with E-state index >= 15 is 0 Å². The summed E-state index contributed by atoms with van der Waals surface area (Å²) in [5, 5.41) is 4.98. The van der Waals surface area contributed by atoms with Gasteiger partial charge in [0.2, 0.25) is 0 Å². The molecule has 0 heterocycles. The highest BCUT2D eigenvalue weighted by Crippen LogP contribution is 2.32. The Morgan fingerprint density at radius 2 is 1.71 bits per heavy atom. The lowest BCUT2D eigenvalue weighted by molar-refractivity contribution is 0.401. The first-order valence-electron chi connectivity index (χ1n) is 6.53. The summed E-state index contributed by atoms with van der Waals surface area (Å²) in [6, 6.07) is 11.4. The number of para-hydroxylation sites is 1. The normalized spacial score (nSPS) is 12.2. The molecule has 0 spiro atoms. The number of ether oxygens (including phenoxy) is 1. The maximum absolute atomic E-state index is 6.21. The van der Waals surface area contributed by atoms with Gasteiger partial charge in [-0.25, -0.2) is 0 Å². The predicted molar refractivity (Wildman–Crippen MR) is 89.7 cm³/mol. The zero-order valence-corrected chi connectivity index (χ0v) is 14.1. The number of hydrogen-bond donors (Lipinski definition) is 1. The average Bonchev–Trinajstić information content (AvgIpc) is 2.50. The molecule has 1 N–H and O–H groups in total. The Bertz CT molecular complexity index is 631. The Kier molecular flexibility index (Phi) is 5.77. The average molecular weight is 345 g/mol. The van der Waals surface area contributed by atoms with Crippen molar-refractivity contribution in [3.8, 4) is 5.75 Å². The lowest BCUT2D eigenvalue weighted by Crippen LogP contribution is -2.19. The van der Waals surface area contributed by atoms with Crippen molar-refractivity contribution >= 4 is 34.8 Å². The summed E-state index contributed by atoms with van der Waals surface area (Å²) < 4.78 is 5.37. The minimum atomic E-state index is 0.0901. The zero-order valence-electron chi connectivity index (χ0n) is 11.8. The number of hydrogen-bond acceptors (Lipinski definition) is 2. The molecule has 0 aromatic heterocycles. The molecule has 2 rings (SSSR count). The van der Waals surface area contributed by atoms with E-state index in [4.69, 9.17) is 39.5 Å². The number of benzene rings is 2. The summed E-state index contributed by atoms with van der Waals surface area (Å²) in [6.45, 7) is 2.58. The van der Waals surface area contributed by atoms with Crippen LogP contribution in [-0.4, -0.2) is 7.11 Å². The van der Waals surface area contributed by atoms with Crippen molar-refractivity contribution in [2.45, 2.75) is 19.5 Å². The lowest BCUT2D eigenvalue weighted by Gasteiger charge is -2.18. The fraction of sp³-hybridized carbons (Fsp3) is 0.250. The molecule has 0 amide bonds. The van der Waals surface area contributed by atoms with Crippen LogP contribution < -0.4 is 10.1 Å². The van der Waals surface area contributed by atoms with Gasteiger partial charge in [-0.3, -0.25) is 0 Å². The van der Waals surface area contributed by atoms with Gasteiger partial charge in [0.1, 0.15) is 5.75 Å². The standard InChI is InChI=1S/C16H16Cl3NO/c1-10(11-5-3-4-6-15(11)21-2)20-9-12-13(17)7-8-14(18)16(12)19/h3-8,10,20H,9H2,1-2H3. The first-order chi connectivity index (χ1) is 10.0. The van der Waals surface area contributed by atoms with Gasteiger partial charge < -0.3 is 10.1 Å². The van der Waals surface area contributed by atoms with E-state index < -0.39 is 0 Å². The monoisotopic (exact) mass is 343 g/mol. The fourth-order valence-electron chi connectivity index (χ4n) is 2.12. The van der Waals surface area contributed by atoms with Crippen LogP contribution in [0.2, 0.25) is 15.1 Å². The van der Waals surface area contributed by atoms with Gasteiger partial charge in [-0.2, -0.15) is 0 Å². The highest BCUT2D eigenvalue weighted by atomic mass is 35.5. The summed E-state index contributed by atoms with van der Waals surface area (Å²) in [5.74, 6) is 0.848. The van der Waals surface area contributed by atoms with E-state index in [2.05, 4.69) is 12.2 Å². The van der Waals surface area contributed by atoms with Crippen LogP contribution in [0.25, 0.3) is 0 Å². The van der Waals surface area contributed by atoms with Gasteiger partial charge in [-0.05, 0) is 25.1 Å². The predicted octanol–water partition coefficient (Wildman–Crippen LogP) is 5.51. The molecule has 0 aliphatic carbocycles. The van der Waals surface area contributed by atoms with E-state index in [1.165, 1.54) is 0 Å². The van der Waals surface area contributed by atoms with Crippen molar-refractivity contribution in [1.82, 2.24) is 5.32 Å². The second-order valence-corrected chi connectivity index (χ2v) is 5.86. The Labute approximate surface area is 140 Å². The highest BCUT2D eigenvalue weighted by molar-refractivity contribution is 6.44. The van der Waals surface area contributed by atoms with Gasteiger partial charge in [0.15, 0.2) is 0 Å². The molecular weight excluding hydrogens is 329 g/mol. The van der Waals surface area contributed by atoms with Crippen LogP contribution in [0.4, 0.5) is 0 Å². The molecule has 112 valence electrons. The topological polar surface area (TPSA) is 21.3 Å². The maximum Gasteiger partial charge on any atom is 0.123 e. The van der Waals surface area contributed by atoms with Gasteiger partial charge in [0.05, 0.1) is 17.2 Å². The molecule has 5 heteroatoms. The summed E-state index contributed by atoms with van der Waals surface area (Å²) in [6.07, 6.45) is 0. The molecule has 21 heavy (non-hydrogen) atoms. The number of halogens is 3. The van der Waals surface area contributed by atoms with Crippen LogP contribution >= 0.6 is 34.8 Å². The molecule has 1 unspecified atom stereocenters. The first-order valence-corrected chi connectivity index (χ1v) is 7.66. The number of rotatable bonds is 5. The van der Waals surface area contributed by atoms with Crippen molar-refractivity contribution < 1.29 is 4.74 Å². The van der Waals surface area contributed by atoms with E-state index in [9.17, 15) is 0 Å². The molecule has 2 aromatic carbocycles. The van der Waals surface area contributed by atoms with Crippen LogP contribution in [0.3, 0.4) is 0 Å². The largest absolute Gasteiger partial charge is 0.496 e. The molecule has 0 fully saturated rings. The Morgan fingerprint density at radius 3 is 2.43 bits per heavy atom. The Hall–Kier alpha value is -0.930. The molecule has 0 radical (unpaired) electrons. The van der Waals surface area contributed by atoms with Crippen molar-refractivity contribution in [2.24, 2.45) is 0 Å². The second-order valence-electron chi connectivity index (χ2n) is 4.67. The van der Waals surface area contributed by atoms with Crippen molar-refractivity contribution in [3.63, 3.8) is 0 Å². The van der Waals surface area contributed by atoms with Gasteiger partial charge in [-0.15, -0.1) is 0 Å². The molecule has 2 aromatic rings. The first kappa shape index (κ1) is 16.4. The van der Waals surface area contributed by atoms with Gasteiger partial charge >= 0.3 is 0 Å². The Morgan fingerprint density at radius 1 is 1.05 bits per heavy atom. The van der Waals surface area contributed by atoms with Crippen LogP contribution in [0.15, 0.2) is 36.4 Å². The van der Waals surface area contributed by atoms with Gasteiger partial charge in [-0.1, -0.05) is 53.0 Å². The van der Waals surface area contributed by atoms with Gasteiger partial charge in [0, 0.05) is 28.7 Å². The summed E-state index contributed by atoms with van der Waals surface area (Å²) >= 11 is 18.4. The molecule has 0 bridgehead atoms. The van der Waals surface area contributed by atoms with Crippen LogP contribution in [0, 0.1) is 0 Å². The highest BCUT2D eigenvalue weighted by Gasteiger charge is 2.13. The molecule has 0 aliphatic heterocycles. The molecule has 0 saturated heterocycles. The minimum Gasteiger partial charge on any atom is -0.496 e. The summed E-state index contributed by atoms with van der Waals surface area (Å²) in [7, 11) is 1.66. The van der Waals surface area contributed by atoms with E-state index in [1.807, 2.05) is 24.3 Å². The van der Waals surface area contributed by atoms with E-state index in [0.717, 1.165) is 16.9 Å². The van der Waals surface area contributed by atoms with Gasteiger partial charge in [0.25, 0.3) is 0 Å². The third kappa shape index (κ3) is 3.83. The maximum atomic E-state index is 6.21. The molecule has 1 atom stereocenters. The molecule has 0 saturated carbocycles. The van der Waals surface area contributed by atoms with Crippen LogP contribution in [-0.2, 0) is 6.54 Å². The molecular formula is C16H16Cl3NO. The summed E-state index contributed by atoms with van der Waals surface area (Å²) in [4.78, 5) is 0. The lowest BCUT2D eigenvalue weighted by atomic mass is 10.1. The SMILES string of the molecule is COc1ccccc1C(C)NCc1c(Cl)ccc(Cl)c1Cl. The number of methoxy groups -OCH3 is 1. The Balaban J connectivity index is 2.15. The zero-order chi connectivity index (χ0) is 15.4. The van der Waals surface area contributed by atoms with Crippen molar-refractivity contribution in [1.29, 1.82) is 0 Å². The van der Waals surface area contributed by atoms with E-state index in [0.29, 0.717) is 21.6 Å². The van der Waals surface area contributed by atoms with Crippen LogP contribution in [0.5, 0.6) is 5.75 Å². The molecule has 0 aliphatic rings. The van der Waals surface area contributed by atoms with E-state index in [-0.39, 0.29) is 6.04 Å². The number of nitrogens with one attached hydrogen (secondary N) is 1. The fourth-order valence-corrected chi connectivity index (χ4v) is 2.80. The minimum absolute atomic E-state index is 0.0901. The smallest absolute Gasteiger partial charge is 0.123 e. The quantitative estimate of drug-likeness (QED) is 0.722. The van der Waals surface area contributed by atoms with Crippen molar-refractivity contribution in [2.75, 3.05) is 7.11 Å². The van der Waals surface area contributed by atoms with Crippen LogP contribution in [0.1, 0.15) is 24.1 Å². The molecule has 2 nitrogen and oxygen atoms in total. The van der Waals surface area contributed by atoms with Crippen molar-refractivity contribution in [3.05, 3.63) is 62.6 Å². The summed E-state index contributed by atoms with van der Waals surface area (Å²) in [5.41, 5.74) is 1.88. The third-order valence-electron chi connectivity index (χ3n) is 3.33.